The summed E-state index contributed by atoms with van der Waals surface area (Å²) in [7, 11) is 0. The third kappa shape index (κ3) is 2.47. The fourth-order valence-electron chi connectivity index (χ4n) is 1.00. The summed E-state index contributed by atoms with van der Waals surface area (Å²) in [6.07, 6.45) is 9.39. The van der Waals surface area contributed by atoms with Crippen LogP contribution in [0.5, 0.6) is 0 Å². The van der Waals surface area contributed by atoms with Gasteiger partial charge in [-0.25, -0.2) is 19.9 Å². The summed E-state index contributed by atoms with van der Waals surface area (Å²) >= 11 is 0. The standard InChI is InChI=1S/C5H4N4.C4H5N3/c1-4-5(8-2-6-1)9-3-7-4;5-4-3-6-1-2-7-4/h1-3H,(H,6,7,8,9);1-3H,(H2,5,7). The van der Waals surface area contributed by atoms with Gasteiger partial charge in [-0.3, -0.25) is 4.98 Å². The second-order valence-corrected chi connectivity index (χ2v) is 2.79. The van der Waals surface area contributed by atoms with Crippen LogP contribution in [0.25, 0.3) is 11.2 Å². The normalized spacial score (nSPS) is 9.50. The molecule has 0 saturated carbocycles. The lowest BCUT2D eigenvalue weighted by molar-refractivity contribution is 1.20. The Kier molecular flexibility index (Phi) is 2.98. The zero-order chi connectivity index (χ0) is 11.2. The van der Waals surface area contributed by atoms with Crippen molar-refractivity contribution in [3.8, 4) is 0 Å². The van der Waals surface area contributed by atoms with E-state index in [4.69, 9.17) is 5.73 Å². The smallest absolute Gasteiger partial charge is 0.180 e. The minimum absolute atomic E-state index is 0.461. The SMILES string of the molecule is Nc1cnccn1.c1ncc2[nH]cnc2n1. The minimum Gasteiger partial charge on any atom is -0.382 e. The molecule has 0 unspecified atom stereocenters. The first-order valence-corrected chi connectivity index (χ1v) is 4.47. The van der Waals surface area contributed by atoms with Crippen LogP contribution in [-0.2, 0) is 0 Å². The van der Waals surface area contributed by atoms with Gasteiger partial charge in [-0.15, -0.1) is 0 Å². The molecule has 3 aromatic rings. The van der Waals surface area contributed by atoms with Gasteiger partial charge in [0.2, 0.25) is 0 Å². The average molecular weight is 215 g/mol. The lowest BCUT2D eigenvalue weighted by atomic mass is 10.6. The van der Waals surface area contributed by atoms with E-state index < -0.39 is 0 Å². The van der Waals surface area contributed by atoms with Gasteiger partial charge in [-0.2, -0.15) is 0 Å². The van der Waals surface area contributed by atoms with E-state index in [1.54, 1.807) is 24.9 Å². The fourth-order valence-corrected chi connectivity index (χ4v) is 1.00. The Bertz CT molecular complexity index is 518. The Morgan fingerprint density at radius 3 is 2.56 bits per heavy atom. The third-order valence-electron chi connectivity index (χ3n) is 1.68. The van der Waals surface area contributed by atoms with Crippen molar-refractivity contribution in [1.29, 1.82) is 0 Å². The molecule has 0 aromatic carbocycles. The van der Waals surface area contributed by atoms with Crippen molar-refractivity contribution in [1.82, 2.24) is 29.9 Å². The van der Waals surface area contributed by atoms with E-state index in [-0.39, 0.29) is 0 Å². The number of fused-ring (bicyclic) bond motifs is 1. The molecule has 0 aliphatic carbocycles. The van der Waals surface area contributed by atoms with Gasteiger partial charge in [-0.05, 0) is 0 Å². The molecule has 80 valence electrons. The van der Waals surface area contributed by atoms with Crippen molar-refractivity contribution in [2.75, 3.05) is 5.73 Å². The Balaban J connectivity index is 0.000000125. The molecular formula is C9H9N7. The van der Waals surface area contributed by atoms with Crippen molar-refractivity contribution >= 4 is 17.0 Å². The number of nitrogens with two attached hydrogens (primary N) is 1. The van der Waals surface area contributed by atoms with E-state index in [1.807, 2.05) is 0 Å². The maximum atomic E-state index is 5.18. The summed E-state index contributed by atoms with van der Waals surface area (Å²) in [5, 5.41) is 0. The highest BCUT2D eigenvalue weighted by molar-refractivity contribution is 5.67. The predicted molar refractivity (Wildman–Crippen MR) is 58.1 cm³/mol. The topological polar surface area (TPSA) is 106 Å². The second-order valence-electron chi connectivity index (χ2n) is 2.79. The van der Waals surface area contributed by atoms with Crippen LogP contribution in [0.3, 0.4) is 0 Å². The van der Waals surface area contributed by atoms with Gasteiger partial charge in [0.05, 0.1) is 18.7 Å². The number of imidazole rings is 1. The highest BCUT2D eigenvalue weighted by Crippen LogP contribution is 1.99. The monoisotopic (exact) mass is 215 g/mol. The molecule has 0 spiro atoms. The van der Waals surface area contributed by atoms with E-state index in [9.17, 15) is 0 Å². The molecule has 0 fully saturated rings. The largest absolute Gasteiger partial charge is 0.382 e. The van der Waals surface area contributed by atoms with E-state index >= 15 is 0 Å². The molecule has 16 heavy (non-hydrogen) atoms. The molecule has 0 bridgehead atoms. The number of nitrogen functional groups attached to an aromatic ring is 1. The Hall–Kier alpha value is -2.57. The molecule has 3 aromatic heterocycles. The Labute approximate surface area is 90.8 Å². The van der Waals surface area contributed by atoms with Crippen LogP contribution in [0.4, 0.5) is 5.82 Å². The van der Waals surface area contributed by atoms with Gasteiger partial charge >= 0.3 is 0 Å². The van der Waals surface area contributed by atoms with E-state index in [0.717, 1.165) is 5.52 Å². The molecule has 0 amide bonds. The summed E-state index contributed by atoms with van der Waals surface area (Å²) in [6, 6.07) is 0. The molecule has 3 N–H and O–H groups in total. The lowest BCUT2D eigenvalue weighted by Gasteiger charge is -1.82. The number of rotatable bonds is 0. The van der Waals surface area contributed by atoms with Gasteiger partial charge in [0, 0.05) is 12.4 Å². The number of aromatic nitrogens is 6. The molecular weight excluding hydrogens is 206 g/mol. The van der Waals surface area contributed by atoms with Gasteiger partial charge in [0.15, 0.2) is 5.65 Å². The number of anilines is 1. The lowest BCUT2D eigenvalue weighted by Crippen LogP contribution is -1.87. The van der Waals surface area contributed by atoms with Crippen molar-refractivity contribution < 1.29 is 0 Å². The quantitative estimate of drug-likeness (QED) is 0.562. The van der Waals surface area contributed by atoms with Crippen LogP contribution >= 0.6 is 0 Å². The number of nitrogens with zero attached hydrogens (tertiary/aromatic N) is 5. The summed E-state index contributed by atoms with van der Waals surface area (Å²) in [5.41, 5.74) is 6.77. The number of nitrogens with one attached hydrogen (secondary N) is 1. The Morgan fingerprint density at radius 1 is 1.00 bits per heavy atom. The maximum absolute atomic E-state index is 5.18. The predicted octanol–water partition coefficient (Wildman–Crippen LogP) is 0.412. The molecule has 0 atom stereocenters. The van der Waals surface area contributed by atoms with Crippen LogP contribution in [0.1, 0.15) is 0 Å². The first-order valence-electron chi connectivity index (χ1n) is 4.47. The van der Waals surface area contributed by atoms with Crippen molar-refractivity contribution in [3.63, 3.8) is 0 Å². The molecule has 7 nitrogen and oxygen atoms in total. The van der Waals surface area contributed by atoms with Crippen molar-refractivity contribution in [2.24, 2.45) is 0 Å². The summed E-state index contributed by atoms with van der Waals surface area (Å²) in [6.45, 7) is 0. The molecule has 3 rings (SSSR count). The molecule has 0 radical (unpaired) electrons. The van der Waals surface area contributed by atoms with Crippen LogP contribution < -0.4 is 5.73 Å². The molecule has 0 aliphatic heterocycles. The first kappa shape index (κ1) is 9.97. The fraction of sp³-hybridized carbons (Fsp3) is 0. The number of H-pyrrole nitrogens is 1. The first-order chi connectivity index (χ1) is 7.86. The molecule has 0 aliphatic rings. The van der Waals surface area contributed by atoms with E-state index in [0.29, 0.717) is 11.5 Å². The van der Waals surface area contributed by atoms with Crippen LogP contribution in [0, 0.1) is 0 Å². The van der Waals surface area contributed by atoms with Gasteiger partial charge in [0.1, 0.15) is 17.7 Å². The van der Waals surface area contributed by atoms with Gasteiger partial charge in [0.25, 0.3) is 0 Å². The van der Waals surface area contributed by atoms with Crippen molar-refractivity contribution in [2.45, 2.75) is 0 Å². The number of aromatic amines is 1. The van der Waals surface area contributed by atoms with Gasteiger partial charge in [-0.1, -0.05) is 0 Å². The minimum atomic E-state index is 0.461. The molecule has 7 heteroatoms. The number of hydrogen-bond acceptors (Lipinski definition) is 6. The van der Waals surface area contributed by atoms with Gasteiger partial charge < -0.3 is 10.7 Å². The second kappa shape index (κ2) is 4.78. The van der Waals surface area contributed by atoms with Crippen LogP contribution in [0.15, 0.2) is 37.4 Å². The highest BCUT2D eigenvalue weighted by Gasteiger charge is 1.91. The average Bonchev–Trinajstić information content (AvgIpc) is 2.79. The summed E-state index contributed by atoms with van der Waals surface area (Å²) in [5.74, 6) is 0.461. The summed E-state index contributed by atoms with van der Waals surface area (Å²) in [4.78, 5) is 21.9. The number of hydrogen-bond donors (Lipinski definition) is 2. The zero-order valence-corrected chi connectivity index (χ0v) is 8.28. The molecule has 3 heterocycles. The van der Waals surface area contributed by atoms with Crippen LogP contribution in [0.2, 0.25) is 0 Å². The van der Waals surface area contributed by atoms with E-state index in [2.05, 4.69) is 29.9 Å². The third-order valence-corrected chi connectivity index (χ3v) is 1.68. The zero-order valence-electron chi connectivity index (χ0n) is 8.28. The molecule has 0 saturated heterocycles. The Morgan fingerprint density at radius 2 is 1.94 bits per heavy atom. The van der Waals surface area contributed by atoms with Crippen molar-refractivity contribution in [3.05, 3.63) is 37.4 Å². The van der Waals surface area contributed by atoms with E-state index in [1.165, 1.54) is 12.5 Å². The maximum Gasteiger partial charge on any atom is 0.180 e. The summed E-state index contributed by atoms with van der Waals surface area (Å²) < 4.78 is 0. The highest BCUT2D eigenvalue weighted by atomic mass is 15.0. The van der Waals surface area contributed by atoms with Crippen LogP contribution in [-0.4, -0.2) is 29.9 Å².